The second-order valence-electron chi connectivity index (χ2n) is 9.17. The Morgan fingerprint density at radius 2 is 1.59 bits per heavy atom. The van der Waals surface area contributed by atoms with Crippen LogP contribution in [0.1, 0.15) is 47.1 Å². The Balaban J connectivity index is 2.24. The number of hydrogen-bond acceptors (Lipinski definition) is 5. The summed E-state index contributed by atoms with van der Waals surface area (Å²) >= 11 is 0. The van der Waals surface area contributed by atoms with Crippen LogP contribution in [0.5, 0.6) is 0 Å². The molecule has 1 N–H and O–H groups in total. The number of carbonyl (C=O) groups is 2. The topological polar surface area (TPSA) is 104 Å². The predicted molar refractivity (Wildman–Crippen MR) is 108 cm³/mol. The predicted octanol–water partition coefficient (Wildman–Crippen LogP) is 2.68. The van der Waals surface area contributed by atoms with Gasteiger partial charge < -0.3 is 9.84 Å². The first-order valence-corrected chi connectivity index (χ1v) is 10.9. The Labute approximate surface area is 172 Å². The Kier molecular flexibility index (Phi) is 6.34. The number of sulfonamides is 1. The molecule has 1 heterocycles. The van der Waals surface area contributed by atoms with Gasteiger partial charge in [-0.25, -0.2) is 18.0 Å². The first-order chi connectivity index (χ1) is 13.1. The molecule has 1 aromatic carbocycles. The molecule has 1 aromatic rings. The van der Waals surface area contributed by atoms with Gasteiger partial charge in [-0.2, -0.15) is 4.31 Å². The maximum atomic E-state index is 13.0. The molecular weight excluding hydrogens is 396 g/mol. The van der Waals surface area contributed by atoms with Gasteiger partial charge in [-0.15, -0.1) is 0 Å². The van der Waals surface area contributed by atoms with Crippen LogP contribution < -0.4 is 0 Å². The van der Waals surface area contributed by atoms with Crippen LogP contribution in [0.4, 0.5) is 4.79 Å². The molecule has 1 saturated heterocycles. The van der Waals surface area contributed by atoms with Gasteiger partial charge in [-0.1, -0.05) is 32.9 Å². The lowest BCUT2D eigenvalue weighted by Gasteiger charge is -2.39. The second kappa shape index (κ2) is 7.95. The number of hydrogen-bond donors (Lipinski definition) is 1. The third kappa shape index (κ3) is 5.48. The molecule has 162 valence electrons. The smallest absolute Gasteiger partial charge is 0.411 e. The van der Waals surface area contributed by atoms with Gasteiger partial charge in [0.15, 0.2) is 0 Å². The molecule has 1 fully saturated rings. The first kappa shape index (κ1) is 23.2. The molecule has 8 nitrogen and oxygen atoms in total. The fourth-order valence-electron chi connectivity index (χ4n) is 3.00. The molecule has 0 aliphatic carbocycles. The zero-order chi connectivity index (χ0) is 22.2. The van der Waals surface area contributed by atoms with E-state index in [2.05, 4.69) is 0 Å². The minimum Gasteiger partial charge on any atom is -0.480 e. The van der Waals surface area contributed by atoms with E-state index in [1.165, 1.54) is 12.1 Å². The SMILES string of the molecule is CC(C)(C)OC(=O)N1CCN(S(=O)(=O)c2ccc(C(C)(C)C)cc2)C[C@@H]1C(=O)O. The van der Waals surface area contributed by atoms with Crippen molar-refractivity contribution < 1.29 is 27.9 Å². The van der Waals surface area contributed by atoms with Crippen LogP contribution in [-0.4, -0.2) is 66.1 Å². The van der Waals surface area contributed by atoms with Crippen molar-refractivity contribution in [2.75, 3.05) is 19.6 Å². The summed E-state index contributed by atoms with van der Waals surface area (Å²) in [5.74, 6) is -1.28. The summed E-state index contributed by atoms with van der Waals surface area (Å²) in [7, 11) is -3.88. The van der Waals surface area contributed by atoms with Crippen LogP contribution in [0.2, 0.25) is 0 Å². The minimum atomic E-state index is -3.88. The van der Waals surface area contributed by atoms with Crippen molar-refractivity contribution in [1.29, 1.82) is 0 Å². The van der Waals surface area contributed by atoms with E-state index in [4.69, 9.17) is 4.74 Å². The molecule has 0 bridgehead atoms. The normalized spacial score (nSPS) is 19.1. The molecule has 9 heteroatoms. The molecule has 1 aliphatic heterocycles. The molecule has 0 aromatic heterocycles. The van der Waals surface area contributed by atoms with Crippen molar-refractivity contribution in [1.82, 2.24) is 9.21 Å². The average molecular weight is 427 g/mol. The van der Waals surface area contributed by atoms with Crippen molar-refractivity contribution in [2.24, 2.45) is 0 Å². The molecule has 1 atom stereocenters. The highest BCUT2D eigenvalue weighted by atomic mass is 32.2. The molecule has 0 unspecified atom stereocenters. The van der Waals surface area contributed by atoms with Crippen molar-refractivity contribution in [3.63, 3.8) is 0 Å². The largest absolute Gasteiger partial charge is 0.480 e. The maximum absolute atomic E-state index is 13.0. The second-order valence-corrected chi connectivity index (χ2v) is 11.1. The number of carbonyl (C=O) groups excluding carboxylic acids is 1. The first-order valence-electron chi connectivity index (χ1n) is 9.46. The molecule has 0 spiro atoms. The van der Waals surface area contributed by atoms with E-state index >= 15 is 0 Å². The van der Waals surface area contributed by atoms with Gasteiger partial charge in [0.25, 0.3) is 0 Å². The van der Waals surface area contributed by atoms with Crippen molar-refractivity contribution in [3.05, 3.63) is 29.8 Å². The quantitative estimate of drug-likeness (QED) is 0.797. The van der Waals surface area contributed by atoms with Gasteiger partial charge in [0, 0.05) is 19.6 Å². The summed E-state index contributed by atoms with van der Waals surface area (Å²) in [4.78, 5) is 25.3. The molecule has 0 saturated carbocycles. The number of rotatable bonds is 3. The van der Waals surface area contributed by atoms with E-state index in [-0.39, 0.29) is 29.9 Å². The Morgan fingerprint density at radius 1 is 1.03 bits per heavy atom. The molecular formula is C20H30N2O6S. The van der Waals surface area contributed by atoms with Crippen LogP contribution >= 0.6 is 0 Å². The van der Waals surface area contributed by atoms with Crippen molar-refractivity contribution >= 4 is 22.1 Å². The lowest BCUT2D eigenvalue weighted by atomic mass is 9.87. The van der Waals surface area contributed by atoms with Crippen LogP contribution in [0.15, 0.2) is 29.2 Å². The number of nitrogens with zero attached hydrogens (tertiary/aromatic N) is 2. The standard InChI is InChI=1S/C20H30N2O6S/c1-19(2,3)14-7-9-15(10-8-14)29(26,27)21-11-12-22(16(13-21)17(23)24)18(25)28-20(4,5)6/h7-10,16H,11-13H2,1-6H3,(H,23,24)/t16-/m1/s1. The van der Waals surface area contributed by atoms with Crippen LogP contribution in [-0.2, 0) is 25.0 Å². The zero-order valence-electron chi connectivity index (χ0n) is 17.8. The summed E-state index contributed by atoms with van der Waals surface area (Å²) < 4.78 is 32.4. The minimum absolute atomic E-state index is 0.00756. The van der Waals surface area contributed by atoms with Gasteiger partial charge >= 0.3 is 12.1 Å². The Morgan fingerprint density at radius 3 is 2.03 bits per heavy atom. The van der Waals surface area contributed by atoms with Gasteiger partial charge in [-0.05, 0) is 43.9 Å². The number of aliphatic carboxylic acids is 1. The average Bonchev–Trinajstić information content (AvgIpc) is 2.59. The van der Waals surface area contributed by atoms with E-state index in [1.807, 2.05) is 20.8 Å². The summed E-state index contributed by atoms with van der Waals surface area (Å²) in [6.07, 6.45) is -0.767. The molecule has 29 heavy (non-hydrogen) atoms. The van der Waals surface area contributed by atoms with Gasteiger partial charge in [0.1, 0.15) is 11.6 Å². The van der Waals surface area contributed by atoms with E-state index in [9.17, 15) is 23.1 Å². The Hall–Kier alpha value is -2.13. The monoisotopic (exact) mass is 426 g/mol. The fourth-order valence-corrected chi connectivity index (χ4v) is 4.44. The number of ether oxygens (including phenoxy) is 1. The number of carboxylic acids is 1. The van der Waals surface area contributed by atoms with Crippen LogP contribution in [0.3, 0.4) is 0 Å². The molecule has 0 radical (unpaired) electrons. The summed E-state index contributed by atoms with van der Waals surface area (Å²) in [6, 6.07) is 5.27. The van der Waals surface area contributed by atoms with E-state index < -0.39 is 33.7 Å². The summed E-state index contributed by atoms with van der Waals surface area (Å²) in [5, 5.41) is 9.56. The van der Waals surface area contributed by atoms with E-state index in [1.54, 1.807) is 32.9 Å². The van der Waals surface area contributed by atoms with Crippen molar-refractivity contribution in [3.8, 4) is 0 Å². The van der Waals surface area contributed by atoms with Crippen LogP contribution in [0.25, 0.3) is 0 Å². The zero-order valence-corrected chi connectivity index (χ0v) is 18.6. The lowest BCUT2D eigenvalue weighted by Crippen LogP contribution is -2.59. The van der Waals surface area contributed by atoms with Crippen LogP contribution in [0, 0.1) is 0 Å². The third-order valence-electron chi connectivity index (χ3n) is 4.61. The van der Waals surface area contributed by atoms with Gasteiger partial charge in [0.05, 0.1) is 4.90 Å². The highest BCUT2D eigenvalue weighted by Gasteiger charge is 2.41. The lowest BCUT2D eigenvalue weighted by molar-refractivity contribution is -0.144. The maximum Gasteiger partial charge on any atom is 0.411 e. The third-order valence-corrected chi connectivity index (χ3v) is 6.49. The Bertz CT molecular complexity index is 866. The highest BCUT2D eigenvalue weighted by Crippen LogP contribution is 2.26. The molecule has 1 aliphatic rings. The van der Waals surface area contributed by atoms with E-state index in [0.29, 0.717) is 0 Å². The highest BCUT2D eigenvalue weighted by molar-refractivity contribution is 7.89. The van der Waals surface area contributed by atoms with Gasteiger partial charge in [0.2, 0.25) is 10.0 Å². The van der Waals surface area contributed by atoms with E-state index in [0.717, 1.165) is 14.8 Å². The van der Waals surface area contributed by atoms with Gasteiger partial charge in [-0.3, -0.25) is 4.90 Å². The number of carboxylic acid groups (broad SMARTS) is 1. The number of benzene rings is 1. The summed E-state index contributed by atoms with van der Waals surface area (Å²) in [6.45, 7) is 10.7. The summed E-state index contributed by atoms with van der Waals surface area (Å²) in [5.41, 5.74) is 0.100. The molecule has 2 rings (SSSR count). The fraction of sp³-hybridized carbons (Fsp3) is 0.600. The number of piperazine rings is 1. The van der Waals surface area contributed by atoms with Crippen molar-refractivity contribution in [2.45, 2.75) is 63.5 Å². The molecule has 1 amide bonds. The number of amides is 1.